The minimum absolute atomic E-state index is 0.102. The maximum absolute atomic E-state index is 12.2. The number of methoxy groups -OCH3 is 1. The summed E-state index contributed by atoms with van der Waals surface area (Å²) in [4.78, 5) is 19.1. The number of hydrogen-bond acceptors (Lipinski definition) is 5. The number of anilines is 1. The molecular formula is C20H25N3O3. The SMILES string of the molecule is COc1ccc(C(=O)NCc2ccc(N3CCC(C)CC3)nc2)c(O)c1. The van der Waals surface area contributed by atoms with Gasteiger partial charge < -0.3 is 20.1 Å². The van der Waals surface area contributed by atoms with E-state index in [4.69, 9.17) is 4.74 Å². The van der Waals surface area contributed by atoms with Gasteiger partial charge in [0.1, 0.15) is 17.3 Å². The van der Waals surface area contributed by atoms with Crippen LogP contribution >= 0.6 is 0 Å². The average Bonchev–Trinajstić information content (AvgIpc) is 2.67. The Labute approximate surface area is 153 Å². The number of carbonyl (C=O) groups is 1. The van der Waals surface area contributed by atoms with E-state index in [9.17, 15) is 9.90 Å². The van der Waals surface area contributed by atoms with E-state index in [1.165, 1.54) is 26.0 Å². The van der Waals surface area contributed by atoms with E-state index in [0.717, 1.165) is 30.4 Å². The van der Waals surface area contributed by atoms with Crippen molar-refractivity contribution >= 4 is 11.7 Å². The molecule has 0 spiro atoms. The van der Waals surface area contributed by atoms with Crippen molar-refractivity contribution < 1.29 is 14.6 Å². The lowest BCUT2D eigenvalue weighted by atomic mass is 9.99. The Kier molecular flexibility index (Phi) is 5.61. The van der Waals surface area contributed by atoms with E-state index in [-0.39, 0.29) is 17.2 Å². The monoisotopic (exact) mass is 355 g/mol. The summed E-state index contributed by atoms with van der Waals surface area (Å²) in [6, 6.07) is 8.59. The summed E-state index contributed by atoms with van der Waals surface area (Å²) in [5, 5.41) is 12.7. The third-order valence-electron chi connectivity index (χ3n) is 4.82. The molecule has 3 rings (SSSR count). The number of carbonyl (C=O) groups excluding carboxylic acids is 1. The number of nitrogens with one attached hydrogen (secondary N) is 1. The number of hydrogen-bond donors (Lipinski definition) is 2. The molecule has 6 heteroatoms. The Morgan fingerprint density at radius 2 is 2.08 bits per heavy atom. The third-order valence-corrected chi connectivity index (χ3v) is 4.82. The highest BCUT2D eigenvalue weighted by atomic mass is 16.5. The lowest BCUT2D eigenvalue weighted by molar-refractivity contribution is 0.0948. The summed E-state index contributed by atoms with van der Waals surface area (Å²) in [5.41, 5.74) is 1.14. The maximum Gasteiger partial charge on any atom is 0.255 e. The average molecular weight is 355 g/mol. The number of phenols is 1. The molecule has 2 N–H and O–H groups in total. The fraction of sp³-hybridized carbons (Fsp3) is 0.400. The first-order valence-electron chi connectivity index (χ1n) is 8.92. The number of aromatic hydroxyl groups is 1. The molecule has 0 unspecified atom stereocenters. The number of piperidine rings is 1. The standard InChI is InChI=1S/C20H25N3O3/c1-14-7-9-23(10-8-14)19-6-3-15(12-21-19)13-22-20(25)17-5-4-16(26-2)11-18(17)24/h3-6,11-12,14,24H,7-10,13H2,1-2H3,(H,22,25). The molecule has 1 aromatic heterocycles. The van der Waals surface area contributed by atoms with E-state index >= 15 is 0 Å². The van der Waals surface area contributed by atoms with E-state index in [0.29, 0.717) is 12.3 Å². The molecule has 26 heavy (non-hydrogen) atoms. The second-order valence-electron chi connectivity index (χ2n) is 6.76. The van der Waals surface area contributed by atoms with E-state index < -0.39 is 0 Å². The Hall–Kier alpha value is -2.76. The molecule has 0 bridgehead atoms. The smallest absolute Gasteiger partial charge is 0.255 e. The van der Waals surface area contributed by atoms with E-state index in [2.05, 4.69) is 22.1 Å². The predicted octanol–water partition coefficient (Wildman–Crippen LogP) is 2.96. The molecule has 2 aromatic rings. The predicted molar refractivity (Wildman–Crippen MR) is 101 cm³/mol. The molecule has 0 saturated carbocycles. The zero-order valence-electron chi connectivity index (χ0n) is 15.2. The number of pyridine rings is 1. The van der Waals surface area contributed by atoms with Crippen molar-refractivity contribution in [2.45, 2.75) is 26.3 Å². The number of rotatable bonds is 5. The number of nitrogens with zero attached hydrogens (tertiary/aromatic N) is 2. The Balaban J connectivity index is 1.57. The molecule has 0 radical (unpaired) electrons. The van der Waals surface area contributed by atoms with Crippen LogP contribution in [0.2, 0.25) is 0 Å². The topological polar surface area (TPSA) is 74.7 Å². The highest BCUT2D eigenvalue weighted by Crippen LogP contribution is 2.24. The van der Waals surface area contributed by atoms with Crippen molar-refractivity contribution in [3.63, 3.8) is 0 Å². The molecule has 2 heterocycles. The van der Waals surface area contributed by atoms with Crippen LogP contribution in [0.4, 0.5) is 5.82 Å². The molecular weight excluding hydrogens is 330 g/mol. The molecule has 138 valence electrons. The zero-order chi connectivity index (χ0) is 18.5. The fourth-order valence-corrected chi connectivity index (χ4v) is 3.05. The summed E-state index contributed by atoms with van der Waals surface area (Å²) in [6.45, 7) is 4.73. The Bertz CT molecular complexity index is 753. The van der Waals surface area contributed by atoms with Crippen LogP contribution in [0.5, 0.6) is 11.5 Å². The van der Waals surface area contributed by atoms with Crippen LogP contribution in [0.1, 0.15) is 35.7 Å². The van der Waals surface area contributed by atoms with Crippen molar-refractivity contribution in [3.8, 4) is 11.5 Å². The quantitative estimate of drug-likeness (QED) is 0.862. The number of benzene rings is 1. The minimum Gasteiger partial charge on any atom is -0.507 e. The molecule has 0 aliphatic carbocycles. The van der Waals surface area contributed by atoms with Crippen LogP contribution < -0.4 is 15.0 Å². The number of amides is 1. The summed E-state index contributed by atoms with van der Waals surface area (Å²) < 4.78 is 5.02. The molecule has 1 saturated heterocycles. The van der Waals surface area contributed by atoms with E-state index in [1.807, 2.05) is 12.1 Å². The molecule has 1 aliphatic rings. The second kappa shape index (κ2) is 8.08. The van der Waals surface area contributed by atoms with Gasteiger partial charge in [-0.05, 0) is 42.5 Å². The lowest BCUT2D eigenvalue weighted by Gasteiger charge is -2.31. The molecule has 6 nitrogen and oxygen atoms in total. The first-order valence-corrected chi connectivity index (χ1v) is 8.92. The van der Waals surface area contributed by atoms with Crippen LogP contribution in [-0.2, 0) is 6.54 Å². The largest absolute Gasteiger partial charge is 0.507 e. The van der Waals surface area contributed by atoms with Gasteiger partial charge in [-0.1, -0.05) is 13.0 Å². The molecule has 1 amide bonds. The number of aromatic nitrogens is 1. The van der Waals surface area contributed by atoms with Gasteiger partial charge in [-0.2, -0.15) is 0 Å². The highest BCUT2D eigenvalue weighted by molar-refractivity contribution is 5.96. The van der Waals surface area contributed by atoms with Crippen LogP contribution in [0.25, 0.3) is 0 Å². The van der Waals surface area contributed by atoms with Gasteiger partial charge in [-0.3, -0.25) is 4.79 Å². The lowest BCUT2D eigenvalue weighted by Crippen LogP contribution is -2.33. The maximum atomic E-state index is 12.2. The summed E-state index contributed by atoms with van der Waals surface area (Å²) in [5.74, 6) is 1.84. The molecule has 1 fully saturated rings. The Morgan fingerprint density at radius 1 is 1.31 bits per heavy atom. The third kappa shape index (κ3) is 4.25. The van der Waals surface area contributed by atoms with Crippen molar-refractivity contribution in [2.24, 2.45) is 5.92 Å². The Morgan fingerprint density at radius 3 is 2.69 bits per heavy atom. The molecule has 0 atom stereocenters. The molecule has 1 aromatic carbocycles. The van der Waals surface area contributed by atoms with Crippen molar-refractivity contribution in [1.29, 1.82) is 0 Å². The van der Waals surface area contributed by atoms with Gasteiger partial charge in [0.15, 0.2) is 0 Å². The first kappa shape index (κ1) is 18.0. The minimum atomic E-state index is -0.334. The molecule has 1 aliphatic heterocycles. The van der Waals surface area contributed by atoms with Gasteiger partial charge >= 0.3 is 0 Å². The van der Waals surface area contributed by atoms with Crippen molar-refractivity contribution in [2.75, 3.05) is 25.1 Å². The first-order chi connectivity index (χ1) is 12.6. The normalized spacial score (nSPS) is 14.9. The van der Waals surface area contributed by atoms with Crippen LogP contribution in [0, 0.1) is 5.92 Å². The van der Waals surface area contributed by atoms with Gasteiger partial charge in [0.25, 0.3) is 5.91 Å². The van der Waals surface area contributed by atoms with Crippen molar-refractivity contribution in [3.05, 3.63) is 47.7 Å². The van der Waals surface area contributed by atoms with Crippen LogP contribution in [0.3, 0.4) is 0 Å². The summed E-state index contributed by atoms with van der Waals surface area (Å²) >= 11 is 0. The fourth-order valence-electron chi connectivity index (χ4n) is 3.05. The second-order valence-corrected chi connectivity index (χ2v) is 6.76. The number of ether oxygens (including phenoxy) is 1. The summed E-state index contributed by atoms with van der Waals surface area (Å²) in [7, 11) is 1.51. The highest BCUT2D eigenvalue weighted by Gasteiger charge is 2.17. The van der Waals surface area contributed by atoms with Gasteiger partial charge in [0.05, 0.1) is 12.7 Å². The van der Waals surface area contributed by atoms with E-state index in [1.54, 1.807) is 18.3 Å². The summed E-state index contributed by atoms with van der Waals surface area (Å²) in [6.07, 6.45) is 4.19. The van der Waals surface area contributed by atoms with Gasteiger partial charge in [-0.25, -0.2) is 4.98 Å². The zero-order valence-corrected chi connectivity index (χ0v) is 15.2. The van der Waals surface area contributed by atoms with Gasteiger partial charge in [0, 0.05) is 31.9 Å². The van der Waals surface area contributed by atoms with Crippen LogP contribution in [0.15, 0.2) is 36.5 Å². The van der Waals surface area contributed by atoms with Gasteiger partial charge in [-0.15, -0.1) is 0 Å². The number of phenolic OH excluding ortho intramolecular Hbond substituents is 1. The van der Waals surface area contributed by atoms with Crippen molar-refractivity contribution in [1.82, 2.24) is 10.3 Å². The van der Waals surface area contributed by atoms with Crippen LogP contribution in [-0.4, -0.2) is 36.2 Å². The van der Waals surface area contributed by atoms with Gasteiger partial charge in [0.2, 0.25) is 0 Å².